The summed E-state index contributed by atoms with van der Waals surface area (Å²) in [5.74, 6) is 1.78. The van der Waals surface area contributed by atoms with Gasteiger partial charge in [-0.15, -0.1) is 0 Å². The second-order valence-corrected chi connectivity index (χ2v) is 7.31. The van der Waals surface area contributed by atoms with Gasteiger partial charge in [-0.1, -0.05) is 37.3 Å². The number of nitrogens with one attached hydrogen (secondary N) is 2. The molecule has 0 saturated carbocycles. The normalized spacial score (nSPS) is 17.9. The maximum atomic E-state index is 9.68. The molecule has 0 bridgehead atoms. The van der Waals surface area contributed by atoms with Gasteiger partial charge >= 0.3 is 0 Å². The number of guanidine groups is 1. The van der Waals surface area contributed by atoms with Crippen LogP contribution in [0.5, 0.6) is 0 Å². The molecular weight excluding hydrogens is 324 g/mol. The number of hydrogen-bond acceptors (Lipinski definition) is 3. The number of benzene rings is 1. The van der Waals surface area contributed by atoms with E-state index in [0.717, 1.165) is 43.5 Å². The molecule has 1 fully saturated rings. The van der Waals surface area contributed by atoms with Crippen molar-refractivity contribution < 1.29 is 5.11 Å². The monoisotopic (exact) mass is 360 g/mol. The summed E-state index contributed by atoms with van der Waals surface area (Å²) >= 11 is 0. The van der Waals surface area contributed by atoms with Crippen molar-refractivity contribution in [1.82, 2.24) is 15.5 Å². The highest BCUT2D eigenvalue weighted by atomic mass is 16.3. The first kappa shape index (κ1) is 20.7. The van der Waals surface area contributed by atoms with Crippen LogP contribution in [-0.4, -0.2) is 61.8 Å². The highest BCUT2D eigenvalue weighted by Crippen LogP contribution is 2.16. The van der Waals surface area contributed by atoms with Gasteiger partial charge in [0.25, 0.3) is 0 Å². The third-order valence-electron chi connectivity index (χ3n) is 5.13. The van der Waals surface area contributed by atoms with Gasteiger partial charge < -0.3 is 20.6 Å². The Morgan fingerprint density at radius 3 is 2.62 bits per heavy atom. The van der Waals surface area contributed by atoms with E-state index in [-0.39, 0.29) is 12.5 Å². The van der Waals surface area contributed by atoms with Gasteiger partial charge in [0.15, 0.2) is 5.96 Å². The van der Waals surface area contributed by atoms with E-state index in [9.17, 15) is 5.11 Å². The molecule has 1 aromatic rings. The zero-order valence-electron chi connectivity index (χ0n) is 16.5. The van der Waals surface area contributed by atoms with Crippen molar-refractivity contribution in [3.05, 3.63) is 35.9 Å². The molecule has 0 spiro atoms. The zero-order valence-corrected chi connectivity index (χ0v) is 16.5. The molecule has 1 saturated heterocycles. The quantitative estimate of drug-likeness (QED) is 0.360. The number of hydrogen-bond donors (Lipinski definition) is 3. The maximum absolute atomic E-state index is 9.68. The van der Waals surface area contributed by atoms with E-state index >= 15 is 0 Å². The molecule has 1 aromatic carbocycles. The van der Waals surface area contributed by atoms with Gasteiger partial charge in [-0.25, -0.2) is 0 Å². The molecule has 1 atom stereocenters. The van der Waals surface area contributed by atoms with Gasteiger partial charge in [0.2, 0.25) is 0 Å². The predicted molar refractivity (Wildman–Crippen MR) is 110 cm³/mol. The number of aliphatic imine (C=N–C) groups is 1. The van der Waals surface area contributed by atoms with Crippen LogP contribution in [0.15, 0.2) is 35.3 Å². The van der Waals surface area contributed by atoms with Crippen molar-refractivity contribution in [2.24, 2.45) is 10.9 Å². The van der Waals surface area contributed by atoms with Gasteiger partial charge in [0.1, 0.15) is 0 Å². The molecule has 1 unspecified atom stereocenters. The highest BCUT2D eigenvalue weighted by Gasteiger charge is 2.15. The van der Waals surface area contributed by atoms with Crippen LogP contribution < -0.4 is 10.6 Å². The van der Waals surface area contributed by atoms with Crippen LogP contribution in [0.1, 0.15) is 44.6 Å². The van der Waals surface area contributed by atoms with Crippen LogP contribution in [-0.2, 0) is 0 Å². The smallest absolute Gasteiger partial charge is 0.191 e. The lowest BCUT2D eigenvalue weighted by Crippen LogP contribution is -2.40. The second-order valence-electron chi connectivity index (χ2n) is 7.31. The molecular formula is C21H36N4O. The summed E-state index contributed by atoms with van der Waals surface area (Å²) in [5.41, 5.74) is 1.13. The Morgan fingerprint density at radius 2 is 1.96 bits per heavy atom. The average molecular weight is 361 g/mol. The second kappa shape index (κ2) is 11.9. The minimum atomic E-state index is 0.0435. The molecule has 2 rings (SSSR count). The van der Waals surface area contributed by atoms with Crippen molar-refractivity contribution in [3.63, 3.8) is 0 Å². The highest BCUT2D eigenvalue weighted by molar-refractivity contribution is 5.79. The minimum Gasteiger partial charge on any atom is -0.396 e. The first-order valence-electron chi connectivity index (χ1n) is 10.1. The van der Waals surface area contributed by atoms with E-state index < -0.39 is 0 Å². The van der Waals surface area contributed by atoms with Crippen molar-refractivity contribution >= 4 is 5.96 Å². The summed E-state index contributed by atoms with van der Waals surface area (Å²) in [5, 5.41) is 16.4. The van der Waals surface area contributed by atoms with Gasteiger partial charge in [-0.2, -0.15) is 0 Å². The Kier molecular flexibility index (Phi) is 9.50. The van der Waals surface area contributed by atoms with E-state index in [2.05, 4.69) is 46.5 Å². The molecule has 5 nitrogen and oxygen atoms in total. The van der Waals surface area contributed by atoms with E-state index in [1.54, 1.807) is 0 Å². The fourth-order valence-corrected chi connectivity index (χ4v) is 3.33. The number of aliphatic hydroxyl groups excluding tert-OH is 1. The molecule has 26 heavy (non-hydrogen) atoms. The van der Waals surface area contributed by atoms with Gasteiger partial charge in [-0.3, -0.25) is 4.99 Å². The number of piperidine rings is 1. The van der Waals surface area contributed by atoms with Gasteiger partial charge in [-0.05, 0) is 57.3 Å². The van der Waals surface area contributed by atoms with Crippen LogP contribution in [0.25, 0.3) is 0 Å². The van der Waals surface area contributed by atoms with E-state index in [1.807, 2.05) is 18.2 Å². The van der Waals surface area contributed by atoms with Crippen LogP contribution in [0, 0.1) is 5.92 Å². The zero-order chi connectivity index (χ0) is 18.6. The standard InChI is InChI=1S/C21H36N4O/c1-3-22-21(23-12-7-13-25-14-10-18(2)11-15-25)24-16-20(17-26)19-8-5-4-6-9-19/h4-6,8-9,18,20,26H,3,7,10-17H2,1-2H3,(H2,22,23,24). The molecule has 0 radical (unpaired) electrons. The molecule has 0 amide bonds. The van der Waals surface area contributed by atoms with Crippen molar-refractivity contribution in [2.45, 2.75) is 39.0 Å². The van der Waals surface area contributed by atoms with E-state index in [4.69, 9.17) is 0 Å². The third-order valence-corrected chi connectivity index (χ3v) is 5.13. The van der Waals surface area contributed by atoms with Gasteiger partial charge in [0.05, 0.1) is 13.2 Å². The average Bonchev–Trinajstić information content (AvgIpc) is 2.67. The molecule has 1 aliphatic heterocycles. The molecule has 1 aliphatic rings. The fraction of sp³-hybridized carbons (Fsp3) is 0.667. The SMILES string of the molecule is CCNC(=NCC(CO)c1ccccc1)NCCCN1CCC(C)CC1. The lowest BCUT2D eigenvalue weighted by Gasteiger charge is -2.30. The van der Waals surface area contributed by atoms with Crippen LogP contribution in [0.3, 0.4) is 0 Å². The largest absolute Gasteiger partial charge is 0.396 e. The van der Waals surface area contributed by atoms with E-state index in [0.29, 0.717) is 6.54 Å². The van der Waals surface area contributed by atoms with Crippen LogP contribution in [0.4, 0.5) is 0 Å². The molecule has 0 aliphatic carbocycles. The summed E-state index contributed by atoms with van der Waals surface area (Å²) in [4.78, 5) is 7.25. The van der Waals surface area contributed by atoms with Crippen LogP contribution in [0.2, 0.25) is 0 Å². The number of likely N-dealkylation sites (tertiary alicyclic amines) is 1. The van der Waals surface area contributed by atoms with Crippen molar-refractivity contribution in [1.29, 1.82) is 0 Å². The van der Waals surface area contributed by atoms with Gasteiger partial charge in [0, 0.05) is 19.0 Å². The molecule has 146 valence electrons. The number of rotatable bonds is 9. The topological polar surface area (TPSA) is 59.9 Å². The fourth-order valence-electron chi connectivity index (χ4n) is 3.33. The number of aliphatic hydroxyl groups is 1. The lowest BCUT2D eigenvalue weighted by atomic mass is 9.99. The molecule has 0 aromatic heterocycles. The Hall–Kier alpha value is -1.59. The first-order valence-corrected chi connectivity index (χ1v) is 10.1. The number of nitrogens with zero attached hydrogens (tertiary/aromatic N) is 2. The summed E-state index contributed by atoms with van der Waals surface area (Å²) in [7, 11) is 0. The Labute approximate surface area is 158 Å². The predicted octanol–water partition coefficient (Wildman–Crippen LogP) is 2.44. The first-order chi connectivity index (χ1) is 12.7. The Bertz CT molecular complexity index is 512. The minimum absolute atomic E-state index is 0.0435. The third kappa shape index (κ3) is 7.34. The lowest BCUT2D eigenvalue weighted by molar-refractivity contribution is 0.191. The van der Waals surface area contributed by atoms with E-state index in [1.165, 1.54) is 25.9 Å². The molecule has 3 N–H and O–H groups in total. The Balaban J connectivity index is 1.75. The molecule has 1 heterocycles. The maximum Gasteiger partial charge on any atom is 0.191 e. The summed E-state index contributed by atoms with van der Waals surface area (Å²) in [6, 6.07) is 10.1. The summed E-state index contributed by atoms with van der Waals surface area (Å²) in [6.45, 7) is 10.5. The van der Waals surface area contributed by atoms with Crippen molar-refractivity contribution in [3.8, 4) is 0 Å². The summed E-state index contributed by atoms with van der Waals surface area (Å²) < 4.78 is 0. The molecule has 5 heteroatoms. The Morgan fingerprint density at radius 1 is 1.23 bits per heavy atom. The van der Waals surface area contributed by atoms with Crippen LogP contribution >= 0.6 is 0 Å². The van der Waals surface area contributed by atoms with Crippen molar-refractivity contribution in [2.75, 3.05) is 45.9 Å². The summed E-state index contributed by atoms with van der Waals surface area (Å²) in [6.07, 6.45) is 3.79.